The lowest BCUT2D eigenvalue weighted by Gasteiger charge is -2.07. The minimum absolute atomic E-state index is 0.300. The Morgan fingerprint density at radius 1 is 1.38 bits per heavy atom. The van der Waals surface area contributed by atoms with Crippen LogP contribution in [0, 0.1) is 0 Å². The number of carbonyl (C=O) groups is 1. The van der Waals surface area contributed by atoms with Crippen molar-refractivity contribution < 1.29 is 14.6 Å². The Labute approximate surface area is 126 Å². The maximum Gasteiger partial charge on any atom is 0.336 e. The zero-order valence-corrected chi connectivity index (χ0v) is 11.8. The minimum Gasteiger partial charge on any atom is -0.489 e. The number of pyridine rings is 1. The number of aromatic nitrogens is 1. The Bertz CT molecular complexity index is 740. The van der Waals surface area contributed by atoms with Crippen LogP contribution in [0.3, 0.4) is 0 Å². The summed E-state index contributed by atoms with van der Waals surface area (Å²) in [7, 11) is 0. The highest BCUT2D eigenvalue weighted by Gasteiger charge is 2.20. The topological polar surface area (TPSA) is 59.4 Å². The van der Waals surface area contributed by atoms with Gasteiger partial charge in [0.25, 0.3) is 0 Å². The number of carboxylic acids is 1. The minimum atomic E-state index is -0.931. The molecule has 0 atom stereocenters. The number of hydrogen-bond donors (Lipinski definition) is 1. The van der Waals surface area contributed by atoms with E-state index in [-0.39, 0.29) is 0 Å². The van der Waals surface area contributed by atoms with Crippen molar-refractivity contribution in [2.75, 3.05) is 6.61 Å². The van der Waals surface area contributed by atoms with E-state index >= 15 is 0 Å². The van der Waals surface area contributed by atoms with Gasteiger partial charge in [-0.05, 0) is 41.5 Å². The van der Waals surface area contributed by atoms with E-state index in [0.717, 1.165) is 11.1 Å². The van der Waals surface area contributed by atoms with Crippen LogP contribution in [0.1, 0.15) is 21.6 Å². The molecule has 106 valence electrons. The Hall–Kier alpha value is -2.33. The standard InChI is InChI=1S/C16H12ClNO3/c17-11-2-1-3-12(8-11)21-9-10-6-14-13(16(19)20)4-5-18-15(14)7-10/h1-5,7-8H,6,9H2,(H,19,20). The van der Waals surface area contributed by atoms with Gasteiger partial charge < -0.3 is 9.84 Å². The van der Waals surface area contributed by atoms with Crippen LogP contribution in [0.25, 0.3) is 6.08 Å². The molecule has 0 fully saturated rings. The summed E-state index contributed by atoms with van der Waals surface area (Å²) in [6, 6.07) is 8.69. The van der Waals surface area contributed by atoms with E-state index in [4.69, 9.17) is 16.3 Å². The first-order chi connectivity index (χ1) is 10.1. The average molecular weight is 302 g/mol. The van der Waals surface area contributed by atoms with Crippen molar-refractivity contribution in [3.8, 4) is 5.75 Å². The quantitative estimate of drug-likeness (QED) is 0.939. The summed E-state index contributed by atoms with van der Waals surface area (Å²) >= 11 is 5.90. The Kier molecular flexibility index (Phi) is 3.62. The van der Waals surface area contributed by atoms with Gasteiger partial charge in [-0.1, -0.05) is 17.7 Å². The first-order valence-electron chi connectivity index (χ1n) is 6.42. The van der Waals surface area contributed by atoms with Crippen LogP contribution in [0.2, 0.25) is 5.02 Å². The first-order valence-corrected chi connectivity index (χ1v) is 6.80. The molecule has 1 aliphatic rings. The summed E-state index contributed by atoms with van der Waals surface area (Å²) in [6.07, 6.45) is 3.94. The van der Waals surface area contributed by atoms with Crippen molar-refractivity contribution in [1.82, 2.24) is 4.98 Å². The van der Waals surface area contributed by atoms with Crippen molar-refractivity contribution in [3.63, 3.8) is 0 Å². The number of halogens is 1. The van der Waals surface area contributed by atoms with Crippen LogP contribution >= 0.6 is 11.6 Å². The predicted octanol–water partition coefficient (Wildman–Crippen LogP) is 3.45. The SMILES string of the molecule is O=C(O)c1ccnc2c1CC(COc1cccc(Cl)c1)=C2. The summed E-state index contributed by atoms with van der Waals surface area (Å²) in [5.41, 5.74) is 2.74. The number of carboxylic acid groups (broad SMARTS) is 1. The molecule has 1 heterocycles. The van der Waals surface area contributed by atoms with Gasteiger partial charge in [0.1, 0.15) is 12.4 Å². The first kappa shape index (κ1) is 13.6. The van der Waals surface area contributed by atoms with Gasteiger partial charge in [-0.2, -0.15) is 0 Å². The third kappa shape index (κ3) is 2.90. The lowest BCUT2D eigenvalue weighted by Crippen LogP contribution is -2.05. The van der Waals surface area contributed by atoms with Crippen molar-refractivity contribution in [2.45, 2.75) is 6.42 Å². The fraction of sp³-hybridized carbons (Fsp3) is 0.125. The highest BCUT2D eigenvalue weighted by Crippen LogP contribution is 2.27. The average Bonchev–Trinajstić information content (AvgIpc) is 2.87. The van der Waals surface area contributed by atoms with Gasteiger partial charge in [0.2, 0.25) is 0 Å². The number of rotatable bonds is 4. The second-order valence-corrected chi connectivity index (χ2v) is 5.19. The molecule has 1 aliphatic carbocycles. The molecule has 0 unspecified atom stereocenters. The fourth-order valence-corrected chi connectivity index (χ4v) is 2.50. The van der Waals surface area contributed by atoms with E-state index < -0.39 is 5.97 Å². The predicted molar refractivity (Wildman–Crippen MR) is 79.8 cm³/mol. The molecule has 0 saturated heterocycles. The monoisotopic (exact) mass is 301 g/mol. The largest absolute Gasteiger partial charge is 0.489 e. The van der Waals surface area contributed by atoms with Gasteiger partial charge in [0, 0.05) is 17.6 Å². The molecular formula is C16H12ClNO3. The molecule has 1 aromatic carbocycles. The van der Waals surface area contributed by atoms with Crippen LogP contribution in [-0.4, -0.2) is 22.7 Å². The molecular weight excluding hydrogens is 290 g/mol. The summed E-state index contributed by atoms with van der Waals surface area (Å²) in [4.78, 5) is 15.4. The molecule has 0 radical (unpaired) electrons. The van der Waals surface area contributed by atoms with Crippen molar-refractivity contribution in [3.05, 3.63) is 63.9 Å². The van der Waals surface area contributed by atoms with E-state index in [1.165, 1.54) is 12.3 Å². The van der Waals surface area contributed by atoms with Crippen LogP contribution in [0.5, 0.6) is 5.75 Å². The number of nitrogens with zero attached hydrogens (tertiary/aromatic N) is 1. The van der Waals surface area contributed by atoms with Gasteiger partial charge in [0.15, 0.2) is 0 Å². The molecule has 1 N–H and O–H groups in total. The van der Waals surface area contributed by atoms with Gasteiger partial charge in [-0.15, -0.1) is 0 Å². The second kappa shape index (κ2) is 5.58. The maximum absolute atomic E-state index is 11.2. The van der Waals surface area contributed by atoms with Crippen LogP contribution < -0.4 is 4.74 Å². The normalized spacial score (nSPS) is 12.7. The maximum atomic E-state index is 11.2. The van der Waals surface area contributed by atoms with Crippen molar-refractivity contribution in [2.24, 2.45) is 0 Å². The summed E-state index contributed by atoms with van der Waals surface area (Å²) < 4.78 is 5.67. The molecule has 0 saturated carbocycles. The molecule has 4 nitrogen and oxygen atoms in total. The van der Waals surface area contributed by atoms with Crippen molar-refractivity contribution >= 4 is 23.6 Å². The smallest absolute Gasteiger partial charge is 0.336 e. The number of hydrogen-bond acceptors (Lipinski definition) is 3. The molecule has 0 spiro atoms. The van der Waals surface area contributed by atoms with Crippen LogP contribution in [-0.2, 0) is 6.42 Å². The van der Waals surface area contributed by atoms with Gasteiger partial charge >= 0.3 is 5.97 Å². The molecule has 3 rings (SSSR count). The zero-order valence-electron chi connectivity index (χ0n) is 11.0. The van der Waals surface area contributed by atoms with E-state index in [1.807, 2.05) is 18.2 Å². The van der Waals surface area contributed by atoms with Gasteiger partial charge in [-0.3, -0.25) is 4.98 Å². The van der Waals surface area contributed by atoms with E-state index in [0.29, 0.717) is 35.1 Å². The Morgan fingerprint density at radius 2 is 2.24 bits per heavy atom. The molecule has 0 amide bonds. The van der Waals surface area contributed by atoms with Crippen LogP contribution in [0.15, 0.2) is 42.1 Å². The third-order valence-electron chi connectivity index (χ3n) is 3.28. The molecule has 5 heteroatoms. The summed E-state index contributed by atoms with van der Waals surface area (Å²) in [6.45, 7) is 0.385. The van der Waals surface area contributed by atoms with Crippen molar-refractivity contribution in [1.29, 1.82) is 0 Å². The van der Waals surface area contributed by atoms with E-state index in [2.05, 4.69) is 4.98 Å². The zero-order chi connectivity index (χ0) is 14.8. The molecule has 1 aromatic heterocycles. The number of ether oxygens (including phenoxy) is 1. The number of benzene rings is 1. The molecule has 2 aromatic rings. The third-order valence-corrected chi connectivity index (χ3v) is 3.52. The lowest BCUT2D eigenvalue weighted by molar-refractivity contribution is 0.0695. The fourth-order valence-electron chi connectivity index (χ4n) is 2.32. The summed E-state index contributed by atoms with van der Waals surface area (Å²) in [5.74, 6) is -0.246. The van der Waals surface area contributed by atoms with Gasteiger partial charge in [0.05, 0.1) is 11.3 Å². The summed E-state index contributed by atoms with van der Waals surface area (Å²) in [5, 5.41) is 9.79. The van der Waals surface area contributed by atoms with E-state index in [1.54, 1.807) is 12.1 Å². The highest BCUT2D eigenvalue weighted by atomic mass is 35.5. The van der Waals surface area contributed by atoms with E-state index in [9.17, 15) is 9.90 Å². The Balaban J connectivity index is 1.73. The molecule has 21 heavy (non-hydrogen) atoms. The highest BCUT2D eigenvalue weighted by molar-refractivity contribution is 6.30. The molecule has 0 bridgehead atoms. The number of fused-ring (bicyclic) bond motifs is 1. The number of aromatic carboxylic acids is 1. The van der Waals surface area contributed by atoms with Gasteiger partial charge in [-0.25, -0.2) is 4.79 Å². The second-order valence-electron chi connectivity index (χ2n) is 4.75. The Morgan fingerprint density at radius 3 is 3.00 bits per heavy atom. The van der Waals surface area contributed by atoms with Crippen LogP contribution in [0.4, 0.5) is 0 Å². The lowest BCUT2D eigenvalue weighted by atomic mass is 10.1. The molecule has 0 aliphatic heterocycles.